The fourth-order valence-electron chi connectivity index (χ4n) is 9.07. The van der Waals surface area contributed by atoms with Gasteiger partial charge in [0, 0.05) is 5.41 Å². The second-order valence-electron chi connectivity index (χ2n) is 15.2. The Labute approximate surface area is 323 Å². The standard InChI is InChI=1S/C55H40/c1-55(2)50-30-15-14-28-46(50)54-47(29-17-31-51(54)55)53-44-27-13-12-26-43(44)52(45-33-32-41(36-49(45)53)38-19-6-3-7-20-38)42-25-16-18-37(34-42)35-48(39-21-8-4-9-22-39)40-23-10-5-11-24-40/h3-36H,1-2H3. The van der Waals surface area contributed by atoms with E-state index in [-0.39, 0.29) is 5.41 Å². The van der Waals surface area contributed by atoms with Crippen molar-refractivity contribution in [1.82, 2.24) is 0 Å². The van der Waals surface area contributed by atoms with Gasteiger partial charge in [0.25, 0.3) is 0 Å². The minimum atomic E-state index is -0.0883. The molecule has 9 aromatic carbocycles. The minimum absolute atomic E-state index is 0.0883. The van der Waals surface area contributed by atoms with Crippen LogP contribution in [0.25, 0.3) is 77.7 Å². The van der Waals surface area contributed by atoms with Crippen LogP contribution < -0.4 is 0 Å². The highest BCUT2D eigenvalue weighted by atomic mass is 14.4. The zero-order valence-electron chi connectivity index (χ0n) is 31.1. The molecule has 0 heterocycles. The predicted molar refractivity (Wildman–Crippen MR) is 235 cm³/mol. The van der Waals surface area contributed by atoms with Gasteiger partial charge < -0.3 is 0 Å². The van der Waals surface area contributed by atoms with Crippen molar-refractivity contribution in [3.63, 3.8) is 0 Å². The first-order chi connectivity index (χ1) is 27.1. The summed E-state index contributed by atoms with van der Waals surface area (Å²) in [5.74, 6) is 0. The molecule has 0 spiro atoms. The molecule has 1 aliphatic rings. The summed E-state index contributed by atoms with van der Waals surface area (Å²) in [4.78, 5) is 0. The topological polar surface area (TPSA) is 0 Å². The highest BCUT2D eigenvalue weighted by Gasteiger charge is 2.37. The smallest absolute Gasteiger partial charge is 0.0159 e. The zero-order valence-corrected chi connectivity index (χ0v) is 31.1. The Bertz CT molecular complexity index is 2870. The van der Waals surface area contributed by atoms with E-state index in [1.165, 1.54) is 99.4 Å². The molecular weight excluding hydrogens is 661 g/mol. The third-order valence-corrected chi connectivity index (χ3v) is 11.7. The molecule has 0 aromatic heterocycles. The van der Waals surface area contributed by atoms with Gasteiger partial charge in [0.05, 0.1) is 0 Å². The Hall–Kier alpha value is -6.76. The Balaban J connectivity index is 1.26. The van der Waals surface area contributed by atoms with Crippen molar-refractivity contribution >= 4 is 33.2 Å². The van der Waals surface area contributed by atoms with Gasteiger partial charge >= 0.3 is 0 Å². The third kappa shape index (κ3) is 5.53. The molecule has 0 saturated carbocycles. The van der Waals surface area contributed by atoms with E-state index in [0.29, 0.717) is 0 Å². The van der Waals surface area contributed by atoms with Crippen molar-refractivity contribution in [3.05, 3.63) is 228 Å². The summed E-state index contributed by atoms with van der Waals surface area (Å²) in [6.45, 7) is 4.74. The van der Waals surface area contributed by atoms with Crippen LogP contribution in [-0.2, 0) is 5.41 Å². The monoisotopic (exact) mass is 700 g/mol. The molecule has 0 heteroatoms. The van der Waals surface area contributed by atoms with Crippen molar-refractivity contribution in [3.8, 4) is 44.5 Å². The van der Waals surface area contributed by atoms with Gasteiger partial charge in [-0.15, -0.1) is 0 Å². The molecule has 0 saturated heterocycles. The van der Waals surface area contributed by atoms with Gasteiger partial charge in [-0.05, 0) is 118 Å². The SMILES string of the molecule is CC1(C)c2ccccc2-c2c(-c3c4ccccc4c(-c4cccc(C=C(c5ccccc5)c5ccccc5)c4)c4ccc(-c5ccccc5)cc34)cccc21. The fraction of sp³-hybridized carbons (Fsp3) is 0.0545. The normalized spacial score (nSPS) is 12.7. The van der Waals surface area contributed by atoms with Crippen LogP contribution in [0.1, 0.15) is 41.7 Å². The van der Waals surface area contributed by atoms with E-state index in [1.54, 1.807) is 0 Å². The van der Waals surface area contributed by atoms with Crippen molar-refractivity contribution in [2.24, 2.45) is 0 Å². The lowest BCUT2D eigenvalue weighted by Crippen LogP contribution is -2.14. The molecule has 0 N–H and O–H groups in total. The largest absolute Gasteiger partial charge is 0.0622 e. The van der Waals surface area contributed by atoms with Crippen LogP contribution in [0.15, 0.2) is 200 Å². The van der Waals surface area contributed by atoms with Gasteiger partial charge in [-0.1, -0.05) is 202 Å². The van der Waals surface area contributed by atoms with E-state index < -0.39 is 0 Å². The summed E-state index contributed by atoms with van der Waals surface area (Å²) in [5.41, 5.74) is 17.7. The second kappa shape index (κ2) is 13.3. The van der Waals surface area contributed by atoms with Crippen molar-refractivity contribution in [2.75, 3.05) is 0 Å². The van der Waals surface area contributed by atoms with Gasteiger partial charge in [0.15, 0.2) is 0 Å². The number of hydrogen-bond acceptors (Lipinski definition) is 0. The van der Waals surface area contributed by atoms with Crippen molar-refractivity contribution in [2.45, 2.75) is 19.3 Å². The maximum atomic E-state index is 2.44. The molecule has 0 aliphatic heterocycles. The van der Waals surface area contributed by atoms with Crippen LogP contribution in [0.4, 0.5) is 0 Å². The lowest BCUT2D eigenvalue weighted by molar-refractivity contribution is 0.660. The third-order valence-electron chi connectivity index (χ3n) is 11.7. The summed E-state index contributed by atoms with van der Waals surface area (Å²) in [6.07, 6.45) is 2.34. The number of benzene rings is 9. The van der Waals surface area contributed by atoms with E-state index in [9.17, 15) is 0 Å². The Morgan fingerprint density at radius 3 is 1.64 bits per heavy atom. The fourth-order valence-corrected chi connectivity index (χ4v) is 9.07. The highest BCUT2D eigenvalue weighted by molar-refractivity contribution is 6.23. The molecule has 0 atom stereocenters. The molecule has 0 bridgehead atoms. The van der Waals surface area contributed by atoms with Crippen LogP contribution in [0.3, 0.4) is 0 Å². The van der Waals surface area contributed by atoms with E-state index in [2.05, 4.69) is 220 Å². The van der Waals surface area contributed by atoms with E-state index in [0.717, 1.165) is 0 Å². The molecule has 9 aromatic rings. The molecule has 0 radical (unpaired) electrons. The van der Waals surface area contributed by atoms with E-state index in [4.69, 9.17) is 0 Å². The summed E-state index contributed by atoms with van der Waals surface area (Å²) in [7, 11) is 0. The van der Waals surface area contributed by atoms with Crippen molar-refractivity contribution < 1.29 is 0 Å². The Morgan fingerprint density at radius 2 is 0.909 bits per heavy atom. The maximum Gasteiger partial charge on any atom is 0.0159 e. The predicted octanol–water partition coefficient (Wildman–Crippen LogP) is 14.9. The summed E-state index contributed by atoms with van der Waals surface area (Å²) >= 11 is 0. The molecule has 55 heavy (non-hydrogen) atoms. The molecule has 0 fully saturated rings. The lowest BCUT2D eigenvalue weighted by atomic mass is 9.80. The first-order valence-corrected chi connectivity index (χ1v) is 19.3. The lowest BCUT2D eigenvalue weighted by Gasteiger charge is -2.23. The van der Waals surface area contributed by atoms with Gasteiger partial charge in [0.1, 0.15) is 0 Å². The molecule has 1 aliphatic carbocycles. The maximum absolute atomic E-state index is 2.44. The average Bonchev–Trinajstić information content (AvgIpc) is 3.49. The molecule has 0 unspecified atom stereocenters. The molecule has 10 rings (SSSR count). The molecule has 0 amide bonds. The van der Waals surface area contributed by atoms with Crippen LogP contribution in [0, 0.1) is 0 Å². The first kappa shape index (κ1) is 32.9. The molecule has 0 nitrogen and oxygen atoms in total. The average molecular weight is 701 g/mol. The molecule has 260 valence electrons. The van der Waals surface area contributed by atoms with Crippen LogP contribution >= 0.6 is 0 Å². The quantitative estimate of drug-likeness (QED) is 0.120. The summed E-state index contributed by atoms with van der Waals surface area (Å²) < 4.78 is 0. The van der Waals surface area contributed by atoms with E-state index in [1.807, 2.05) is 0 Å². The zero-order chi connectivity index (χ0) is 36.9. The van der Waals surface area contributed by atoms with Gasteiger partial charge in [-0.25, -0.2) is 0 Å². The van der Waals surface area contributed by atoms with Crippen LogP contribution in [0.5, 0.6) is 0 Å². The summed E-state index contributed by atoms with van der Waals surface area (Å²) in [6, 6.07) is 73.5. The van der Waals surface area contributed by atoms with E-state index >= 15 is 0 Å². The van der Waals surface area contributed by atoms with Crippen molar-refractivity contribution in [1.29, 1.82) is 0 Å². The molecular formula is C55H40. The second-order valence-corrected chi connectivity index (χ2v) is 15.2. The van der Waals surface area contributed by atoms with Crippen LogP contribution in [0.2, 0.25) is 0 Å². The van der Waals surface area contributed by atoms with Gasteiger partial charge in [-0.3, -0.25) is 0 Å². The Morgan fingerprint density at radius 1 is 0.364 bits per heavy atom. The number of fused-ring (bicyclic) bond motifs is 5. The minimum Gasteiger partial charge on any atom is -0.0622 e. The number of hydrogen-bond donors (Lipinski definition) is 0. The summed E-state index contributed by atoms with van der Waals surface area (Å²) in [5, 5.41) is 5.04. The van der Waals surface area contributed by atoms with Gasteiger partial charge in [-0.2, -0.15) is 0 Å². The first-order valence-electron chi connectivity index (χ1n) is 19.3. The van der Waals surface area contributed by atoms with Gasteiger partial charge in [0.2, 0.25) is 0 Å². The Kier molecular flexibility index (Phi) is 7.93. The van der Waals surface area contributed by atoms with Crippen LogP contribution in [-0.4, -0.2) is 0 Å². The number of rotatable bonds is 6. The highest BCUT2D eigenvalue weighted by Crippen LogP contribution is 2.54.